The second kappa shape index (κ2) is 7.14. The van der Waals surface area contributed by atoms with Crippen LogP contribution >= 0.6 is 0 Å². The summed E-state index contributed by atoms with van der Waals surface area (Å²) < 4.78 is 40.3. The molecular weight excluding hydrogens is 371 g/mol. The summed E-state index contributed by atoms with van der Waals surface area (Å²) in [7, 11) is 0. The fraction of sp³-hybridized carbons (Fsp3) is 0.500. The van der Waals surface area contributed by atoms with E-state index >= 15 is 0 Å². The number of aromatic nitrogens is 2. The molecule has 1 amide bonds. The van der Waals surface area contributed by atoms with Gasteiger partial charge in [-0.2, -0.15) is 13.2 Å². The van der Waals surface area contributed by atoms with Crippen LogP contribution in [0.1, 0.15) is 36.3 Å². The number of alkyl halides is 3. The normalized spacial score (nSPS) is 19.3. The largest absolute Gasteiger partial charge is 0.508 e. The molecule has 8 heteroatoms. The molecule has 28 heavy (non-hydrogen) atoms. The molecule has 1 saturated carbocycles. The van der Waals surface area contributed by atoms with E-state index in [1.807, 2.05) is 6.07 Å². The summed E-state index contributed by atoms with van der Waals surface area (Å²) in [6.07, 6.45) is -0.423. The number of fused-ring (bicyclic) bond motifs is 1. The van der Waals surface area contributed by atoms with E-state index in [0.29, 0.717) is 31.1 Å². The first-order valence-corrected chi connectivity index (χ1v) is 9.49. The van der Waals surface area contributed by atoms with Gasteiger partial charge in [0.1, 0.15) is 5.75 Å². The summed E-state index contributed by atoms with van der Waals surface area (Å²) in [6, 6.07) is 6.82. The van der Waals surface area contributed by atoms with E-state index in [2.05, 4.69) is 4.98 Å². The molecule has 1 aliphatic heterocycles. The Kier molecular flexibility index (Phi) is 4.81. The van der Waals surface area contributed by atoms with E-state index in [-0.39, 0.29) is 30.5 Å². The molecule has 2 aromatic rings. The van der Waals surface area contributed by atoms with Crippen LogP contribution in [0.4, 0.5) is 13.2 Å². The Morgan fingerprint density at radius 3 is 2.75 bits per heavy atom. The summed E-state index contributed by atoms with van der Waals surface area (Å²) in [5, 5.41) is 9.68. The fourth-order valence-corrected chi connectivity index (χ4v) is 3.88. The van der Waals surface area contributed by atoms with Gasteiger partial charge in [-0.25, -0.2) is 4.98 Å². The van der Waals surface area contributed by atoms with Gasteiger partial charge in [-0.3, -0.25) is 4.79 Å². The molecule has 5 nitrogen and oxygen atoms in total. The van der Waals surface area contributed by atoms with Crippen molar-refractivity contribution in [1.29, 1.82) is 0 Å². The molecule has 1 fully saturated rings. The van der Waals surface area contributed by atoms with Crippen molar-refractivity contribution in [3.63, 3.8) is 0 Å². The summed E-state index contributed by atoms with van der Waals surface area (Å²) in [5.41, 5.74) is 1.30. The molecular formula is C20H22F3N3O2. The number of phenolic OH excluding ortho intramolecular Hbond substituents is 1. The molecule has 1 atom stereocenters. The van der Waals surface area contributed by atoms with Gasteiger partial charge in [-0.05, 0) is 42.9 Å². The summed E-state index contributed by atoms with van der Waals surface area (Å²) in [5.74, 6) is -0.620. The quantitative estimate of drug-likeness (QED) is 0.844. The highest BCUT2D eigenvalue weighted by molar-refractivity contribution is 5.79. The number of rotatable bonds is 5. The Labute approximate surface area is 160 Å². The molecule has 2 aliphatic rings. The van der Waals surface area contributed by atoms with Gasteiger partial charge in [-0.1, -0.05) is 12.1 Å². The van der Waals surface area contributed by atoms with Crippen LogP contribution in [-0.4, -0.2) is 32.0 Å². The Hall–Kier alpha value is -2.51. The maximum absolute atomic E-state index is 13.2. The lowest BCUT2D eigenvalue weighted by Crippen LogP contribution is -2.40. The zero-order chi connectivity index (χ0) is 19.9. The van der Waals surface area contributed by atoms with Gasteiger partial charge in [-0.15, -0.1) is 0 Å². The molecule has 150 valence electrons. The van der Waals surface area contributed by atoms with Crippen LogP contribution in [0.3, 0.4) is 0 Å². The number of hydrogen-bond donors (Lipinski definition) is 1. The smallest absolute Gasteiger partial charge is 0.449 e. The van der Waals surface area contributed by atoms with Gasteiger partial charge >= 0.3 is 6.18 Å². The number of carbonyl (C=O) groups is 1. The third-order valence-corrected chi connectivity index (χ3v) is 5.47. The highest BCUT2D eigenvalue weighted by atomic mass is 19.4. The SMILES string of the molecule is O=C(C1CCn2c(cnc2C(F)(F)F)C1)N(Cc1cccc(O)c1)CC1CC1. The van der Waals surface area contributed by atoms with Crippen LogP contribution in [0.15, 0.2) is 30.5 Å². The van der Waals surface area contributed by atoms with Crippen molar-refractivity contribution in [2.75, 3.05) is 6.54 Å². The van der Waals surface area contributed by atoms with Crippen LogP contribution in [0.25, 0.3) is 0 Å². The van der Waals surface area contributed by atoms with Crippen molar-refractivity contribution in [3.05, 3.63) is 47.5 Å². The molecule has 0 spiro atoms. The number of nitrogens with zero attached hydrogens (tertiary/aromatic N) is 3. The van der Waals surface area contributed by atoms with Crippen molar-refractivity contribution >= 4 is 5.91 Å². The topological polar surface area (TPSA) is 58.4 Å². The molecule has 1 aliphatic carbocycles. The van der Waals surface area contributed by atoms with Gasteiger partial charge in [0, 0.05) is 43.9 Å². The highest BCUT2D eigenvalue weighted by Gasteiger charge is 2.40. The van der Waals surface area contributed by atoms with Crippen molar-refractivity contribution in [2.45, 2.75) is 44.9 Å². The van der Waals surface area contributed by atoms with Gasteiger partial charge in [0.05, 0.1) is 0 Å². The second-order valence-electron chi connectivity index (χ2n) is 7.74. The van der Waals surface area contributed by atoms with Crippen LogP contribution in [0.2, 0.25) is 0 Å². The molecule has 1 unspecified atom stereocenters. The van der Waals surface area contributed by atoms with E-state index in [0.717, 1.165) is 18.4 Å². The predicted octanol–water partition coefficient (Wildman–Crippen LogP) is 3.61. The minimum Gasteiger partial charge on any atom is -0.508 e. The number of phenols is 1. The highest BCUT2D eigenvalue weighted by Crippen LogP contribution is 2.34. The molecule has 0 radical (unpaired) electrons. The number of benzene rings is 1. The number of carbonyl (C=O) groups excluding carboxylic acids is 1. The van der Waals surface area contributed by atoms with Crippen LogP contribution in [-0.2, 0) is 30.5 Å². The predicted molar refractivity (Wildman–Crippen MR) is 95.3 cm³/mol. The van der Waals surface area contributed by atoms with Crippen LogP contribution in [0, 0.1) is 11.8 Å². The minimum atomic E-state index is -4.48. The molecule has 0 bridgehead atoms. The molecule has 4 rings (SSSR count). The Bertz CT molecular complexity index is 874. The van der Waals surface area contributed by atoms with Crippen molar-refractivity contribution < 1.29 is 23.1 Å². The van der Waals surface area contributed by atoms with E-state index in [4.69, 9.17) is 0 Å². The molecule has 0 saturated heterocycles. The average Bonchev–Trinajstić information content (AvgIpc) is 3.34. The first-order valence-electron chi connectivity index (χ1n) is 9.49. The van der Waals surface area contributed by atoms with Gasteiger partial charge in [0.15, 0.2) is 0 Å². The van der Waals surface area contributed by atoms with Gasteiger partial charge in [0.2, 0.25) is 11.7 Å². The van der Waals surface area contributed by atoms with Crippen LogP contribution < -0.4 is 0 Å². The van der Waals surface area contributed by atoms with E-state index in [1.165, 1.54) is 10.8 Å². The van der Waals surface area contributed by atoms with E-state index < -0.39 is 12.0 Å². The Morgan fingerprint density at radius 2 is 2.07 bits per heavy atom. The van der Waals surface area contributed by atoms with E-state index in [1.54, 1.807) is 23.1 Å². The number of aromatic hydroxyl groups is 1. The zero-order valence-corrected chi connectivity index (χ0v) is 15.3. The minimum absolute atomic E-state index is 0.0312. The van der Waals surface area contributed by atoms with Gasteiger partial charge < -0.3 is 14.6 Å². The molecule has 1 N–H and O–H groups in total. The number of halogens is 3. The van der Waals surface area contributed by atoms with Crippen LogP contribution in [0.5, 0.6) is 5.75 Å². The van der Waals surface area contributed by atoms with Gasteiger partial charge in [0.25, 0.3) is 0 Å². The van der Waals surface area contributed by atoms with E-state index in [9.17, 15) is 23.1 Å². The molecule has 1 aromatic carbocycles. The lowest BCUT2D eigenvalue weighted by Gasteiger charge is -2.31. The van der Waals surface area contributed by atoms with Crippen molar-refractivity contribution in [3.8, 4) is 5.75 Å². The summed E-state index contributed by atoms with van der Waals surface area (Å²) in [4.78, 5) is 18.5. The fourth-order valence-electron chi connectivity index (χ4n) is 3.88. The monoisotopic (exact) mass is 393 g/mol. The number of amides is 1. The first-order chi connectivity index (χ1) is 13.3. The standard InChI is InChI=1S/C20H22F3N3O2/c21-20(22,23)19-24-10-16-9-15(6-7-26(16)19)18(28)25(11-13-4-5-13)12-14-2-1-3-17(27)8-14/h1-3,8,10,13,15,27H,4-7,9,11-12H2. The lowest BCUT2D eigenvalue weighted by atomic mass is 9.94. The average molecular weight is 393 g/mol. The molecule has 2 heterocycles. The molecule has 1 aromatic heterocycles. The summed E-state index contributed by atoms with van der Waals surface area (Å²) >= 11 is 0. The maximum atomic E-state index is 13.2. The number of imidazole rings is 1. The third kappa shape index (κ3) is 4.00. The maximum Gasteiger partial charge on any atom is 0.449 e. The third-order valence-electron chi connectivity index (χ3n) is 5.47. The van der Waals surface area contributed by atoms with Crippen molar-refractivity contribution in [2.24, 2.45) is 11.8 Å². The van der Waals surface area contributed by atoms with Crippen molar-refractivity contribution in [1.82, 2.24) is 14.5 Å². The summed E-state index contributed by atoms with van der Waals surface area (Å²) in [6.45, 7) is 1.19. The first kappa shape index (κ1) is 18.8. The Balaban J connectivity index is 1.50. The number of hydrogen-bond acceptors (Lipinski definition) is 3. The zero-order valence-electron chi connectivity index (χ0n) is 15.3. The Morgan fingerprint density at radius 1 is 1.29 bits per heavy atom. The lowest BCUT2D eigenvalue weighted by molar-refractivity contribution is -0.147. The second-order valence-corrected chi connectivity index (χ2v) is 7.74.